The summed E-state index contributed by atoms with van der Waals surface area (Å²) in [5, 5.41) is 0. The van der Waals surface area contributed by atoms with Crippen LogP contribution in [0.1, 0.15) is 58.9 Å². The highest BCUT2D eigenvalue weighted by Crippen LogP contribution is 2.36. The molecule has 1 atom stereocenters. The van der Waals surface area contributed by atoms with Gasteiger partial charge in [0.2, 0.25) is 5.89 Å². The summed E-state index contributed by atoms with van der Waals surface area (Å²) in [7, 11) is 1.37. The van der Waals surface area contributed by atoms with Crippen molar-refractivity contribution in [2.45, 2.75) is 44.9 Å². The molecule has 0 saturated heterocycles. The molecular weight excluding hydrogens is 462 g/mol. The summed E-state index contributed by atoms with van der Waals surface area (Å²) in [4.78, 5) is 16.7. The molecule has 1 aromatic heterocycles. The van der Waals surface area contributed by atoms with Crippen LogP contribution in [0.5, 0.6) is 5.75 Å². The number of carbonyl (C=O) groups excluding carboxylic acids is 1. The molecule has 0 amide bonds. The van der Waals surface area contributed by atoms with Crippen molar-refractivity contribution in [2.24, 2.45) is 5.92 Å². The maximum Gasteiger partial charge on any atom is 0.343 e. The van der Waals surface area contributed by atoms with Gasteiger partial charge in [0.15, 0.2) is 6.61 Å². The summed E-state index contributed by atoms with van der Waals surface area (Å²) >= 11 is 0. The maximum atomic E-state index is 11.5. The minimum Gasteiger partial charge on any atom is -0.482 e. The van der Waals surface area contributed by atoms with E-state index in [4.69, 9.17) is 18.9 Å². The lowest BCUT2D eigenvalue weighted by atomic mass is 9.81. The van der Waals surface area contributed by atoms with Crippen LogP contribution in [0.25, 0.3) is 0 Å². The smallest absolute Gasteiger partial charge is 0.343 e. The standard InChI is InChI=1S/C32H33NO4/c1-3-28-27(20-22-17-18-26-25(19-22)15-10-16-29(26)36-21-30(34)35-2)33-32(37-28)31(23-11-6-4-7-12-23)24-13-8-5-9-14-24/h4-16,22,31H,3,17-21H2,1-2H3. The van der Waals surface area contributed by atoms with Gasteiger partial charge in [0, 0.05) is 6.42 Å². The van der Waals surface area contributed by atoms with Crippen LogP contribution < -0.4 is 4.74 Å². The Kier molecular flexibility index (Phi) is 7.69. The Hall–Kier alpha value is -3.86. The Balaban J connectivity index is 1.38. The second-order valence-corrected chi connectivity index (χ2v) is 9.60. The summed E-state index contributed by atoms with van der Waals surface area (Å²) in [6, 6.07) is 27.0. The van der Waals surface area contributed by atoms with Crippen LogP contribution in [0.4, 0.5) is 0 Å². The minimum atomic E-state index is -0.371. The molecule has 5 nitrogen and oxygen atoms in total. The van der Waals surface area contributed by atoms with Crippen molar-refractivity contribution in [2.75, 3.05) is 13.7 Å². The van der Waals surface area contributed by atoms with Gasteiger partial charge in [0.25, 0.3) is 0 Å². The van der Waals surface area contributed by atoms with Crippen LogP contribution in [0.3, 0.4) is 0 Å². The first-order valence-corrected chi connectivity index (χ1v) is 13.0. The third-order valence-corrected chi connectivity index (χ3v) is 7.23. The van der Waals surface area contributed by atoms with Gasteiger partial charge in [-0.1, -0.05) is 79.7 Å². The number of benzene rings is 3. The van der Waals surface area contributed by atoms with E-state index >= 15 is 0 Å². The monoisotopic (exact) mass is 495 g/mol. The fraction of sp³-hybridized carbons (Fsp3) is 0.312. The van der Waals surface area contributed by atoms with E-state index in [1.54, 1.807) is 0 Å². The van der Waals surface area contributed by atoms with E-state index in [-0.39, 0.29) is 18.5 Å². The molecule has 3 aromatic carbocycles. The average molecular weight is 496 g/mol. The van der Waals surface area contributed by atoms with E-state index in [0.717, 1.165) is 55.2 Å². The quantitative estimate of drug-likeness (QED) is 0.254. The number of aryl methyl sites for hydroxylation is 1. The van der Waals surface area contributed by atoms with Crippen LogP contribution in [-0.2, 0) is 35.2 Å². The zero-order chi connectivity index (χ0) is 25.6. The van der Waals surface area contributed by atoms with E-state index in [2.05, 4.69) is 61.5 Å². The van der Waals surface area contributed by atoms with Gasteiger partial charge in [-0.15, -0.1) is 0 Å². The Morgan fingerprint density at radius 1 is 1.00 bits per heavy atom. The SMILES string of the molecule is CCc1oc(C(c2ccccc2)c2ccccc2)nc1CC1CCc2c(cccc2OCC(=O)OC)C1. The second-order valence-electron chi connectivity index (χ2n) is 9.60. The fourth-order valence-corrected chi connectivity index (χ4v) is 5.36. The third kappa shape index (κ3) is 5.61. The van der Waals surface area contributed by atoms with Gasteiger partial charge in [0.05, 0.1) is 18.7 Å². The van der Waals surface area contributed by atoms with E-state index < -0.39 is 0 Å². The number of hydrogen-bond donors (Lipinski definition) is 0. The number of methoxy groups -OCH3 is 1. The van der Waals surface area contributed by atoms with Crippen molar-refractivity contribution in [3.63, 3.8) is 0 Å². The fourth-order valence-electron chi connectivity index (χ4n) is 5.36. The molecule has 1 heterocycles. The van der Waals surface area contributed by atoms with Gasteiger partial charge in [-0.05, 0) is 59.9 Å². The van der Waals surface area contributed by atoms with E-state index in [9.17, 15) is 4.79 Å². The summed E-state index contributed by atoms with van der Waals surface area (Å²) in [5.74, 6) is 2.59. The van der Waals surface area contributed by atoms with Gasteiger partial charge in [-0.2, -0.15) is 0 Å². The molecule has 1 unspecified atom stereocenters. The molecule has 0 bridgehead atoms. The molecule has 0 spiro atoms. The lowest BCUT2D eigenvalue weighted by Gasteiger charge is -2.26. The van der Waals surface area contributed by atoms with E-state index in [1.165, 1.54) is 29.4 Å². The van der Waals surface area contributed by atoms with E-state index in [0.29, 0.717) is 5.92 Å². The van der Waals surface area contributed by atoms with Gasteiger partial charge in [0.1, 0.15) is 11.5 Å². The number of carbonyl (C=O) groups is 1. The van der Waals surface area contributed by atoms with Crippen LogP contribution >= 0.6 is 0 Å². The van der Waals surface area contributed by atoms with E-state index in [1.807, 2.05) is 24.3 Å². The van der Waals surface area contributed by atoms with Crippen molar-refractivity contribution in [1.82, 2.24) is 4.98 Å². The molecule has 1 aliphatic rings. The first kappa shape index (κ1) is 24.8. The number of oxazole rings is 1. The van der Waals surface area contributed by atoms with Crippen molar-refractivity contribution in [3.8, 4) is 5.75 Å². The molecular formula is C32H33NO4. The third-order valence-electron chi connectivity index (χ3n) is 7.23. The highest BCUT2D eigenvalue weighted by atomic mass is 16.6. The average Bonchev–Trinajstić information content (AvgIpc) is 3.34. The van der Waals surface area contributed by atoms with Crippen molar-refractivity contribution in [1.29, 1.82) is 0 Å². The van der Waals surface area contributed by atoms with Crippen LogP contribution in [-0.4, -0.2) is 24.7 Å². The zero-order valence-corrected chi connectivity index (χ0v) is 21.5. The van der Waals surface area contributed by atoms with Gasteiger partial charge in [-0.3, -0.25) is 0 Å². The lowest BCUT2D eigenvalue weighted by Crippen LogP contribution is -2.19. The van der Waals surface area contributed by atoms with Crippen LogP contribution in [0, 0.1) is 5.92 Å². The normalized spacial score (nSPS) is 14.8. The molecule has 0 N–H and O–H groups in total. The number of nitrogens with zero attached hydrogens (tertiary/aromatic N) is 1. The summed E-state index contributed by atoms with van der Waals surface area (Å²) in [6.07, 6.45) is 4.61. The molecule has 5 rings (SSSR count). The number of esters is 1. The van der Waals surface area contributed by atoms with Crippen molar-refractivity contribution in [3.05, 3.63) is 118 Å². The lowest BCUT2D eigenvalue weighted by molar-refractivity contribution is -0.142. The number of hydrogen-bond acceptors (Lipinski definition) is 5. The van der Waals surface area contributed by atoms with Gasteiger partial charge in [-0.25, -0.2) is 9.78 Å². The van der Waals surface area contributed by atoms with Gasteiger partial charge < -0.3 is 13.9 Å². The Labute approximate surface area is 218 Å². The second kappa shape index (κ2) is 11.5. The van der Waals surface area contributed by atoms with Crippen LogP contribution in [0.2, 0.25) is 0 Å². The molecule has 5 heteroatoms. The predicted molar refractivity (Wildman–Crippen MR) is 143 cm³/mol. The Morgan fingerprint density at radius 2 is 1.70 bits per heavy atom. The number of fused-ring (bicyclic) bond motifs is 1. The molecule has 1 aliphatic carbocycles. The predicted octanol–water partition coefficient (Wildman–Crippen LogP) is 6.32. The van der Waals surface area contributed by atoms with Crippen molar-refractivity contribution < 1.29 is 18.7 Å². The summed E-state index contributed by atoms with van der Waals surface area (Å²) in [5.41, 5.74) is 5.91. The molecule has 0 saturated carbocycles. The highest BCUT2D eigenvalue weighted by Gasteiger charge is 2.27. The zero-order valence-electron chi connectivity index (χ0n) is 21.5. The first-order valence-electron chi connectivity index (χ1n) is 13.0. The number of ether oxygens (including phenoxy) is 2. The highest BCUT2D eigenvalue weighted by molar-refractivity contribution is 5.71. The number of rotatable bonds is 9. The molecule has 0 aliphatic heterocycles. The van der Waals surface area contributed by atoms with Gasteiger partial charge >= 0.3 is 5.97 Å². The molecule has 0 fully saturated rings. The topological polar surface area (TPSA) is 61.6 Å². The minimum absolute atomic E-state index is 0.0388. The maximum absolute atomic E-state index is 11.5. The first-order chi connectivity index (χ1) is 18.2. The Morgan fingerprint density at radius 3 is 2.35 bits per heavy atom. The number of aromatic nitrogens is 1. The molecule has 0 radical (unpaired) electrons. The summed E-state index contributed by atoms with van der Waals surface area (Å²) < 4.78 is 16.9. The van der Waals surface area contributed by atoms with Crippen LogP contribution in [0.15, 0.2) is 83.3 Å². The molecule has 190 valence electrons. The Bertz CT molecular complexity index is 1290. The van der Waals surface area contributed by atoms with Crippen molar-refractivity contribution >= 4 is 5.97 Å². The molecule has 37 heavy (non-hydrogen) atoms. The summed E-state index contributed by atoms with van der Waals surface area (Å²) in [6.45, 7) is 2.07. The largest absolute Gasteiger partial charge is 0.482 e. The molecule has 4 aromatic rings.